The maximum Gasteiger partial charge on any atom is 0.223 e. The van der Waals surface area contributed by atoms with E-state index in [1.165, 1.54) is 30.4 Å². The number of hydrogen-bond donors (Lipinski definition) is 1. The minimum absolute atomic E-state index is 0.0841. The van der Waals surface area contributed by atoms with Gasteiger partial charge in [0, 0.05) is 6.54 Å². The van der Waals surface area contributed by atoms with Crippen LogP contribution in [0.15, 0.2) is 24.3 Å². The molecular formula is C19H30N2O. The van der Waals surface area contributed by atoms with Crippen molar-refractivity contribution in [2.24, 2.45) is 0 Å². The normalized spacial score (nSPS) is 17.5. The van der Waals surface area contributed by atoms with Crippen molar-refractivity contribution in [3.05, 3.63) is 35.4 Å². The third-order valence-corrected chi connectivity index (χ3v) is 4.76. The molecule has 0 bridgehead atoms. The Balaban J connectivity index is 2.32. The van der Waals surface area contributed by atoms with Crippen molar-refractivity contribution in [2.45, 2.75) is 70.8 Å². The predicted octanol–water partition coefficient (Wildman–Crippen LogP) is 4.34. The Kier molecular flexibility index (Phi) is 6.01. The number of hydrazine groups is 1. The van der Waals surface area contributed by atoms with Crippen LogP contribution < -0.4 is 5.43 Å². The molecule has 3 nitrogen and oxygen atoms in total. The summed E-state index contributed by atoms with van der Waals surface area (Å²) in [6.45, 7) is 7.32. The maximum atomic E-state index is 11.4. The molecule has 1 aliphatic carbocycles. The Morgan fingerprint density at radius 1 is 1.27 bits per heavy atom. The molecule has 1 N–H and O–H groups in total. The van der Waals surface area contributed by atoms with E-state index in [2.05, 4.69) is 50.5 Å². The highest BCUT2D eigenvalue weighted by molar-refractivity contribution is 5.46. The Hall–Kier alpha value is -1.35. The predicted molar refractivity (Wildman–Crippen MR) is 91.5 cm³/mol. The van der Waals surface area contributed by atoms with E-state index < -0.39 is 0 Å². The first-order valence-electron chi connectivity index (χ1n) is 8.71. The lowest BCUT2D eigenvalue weighted by atomic mass is 9.76. The minimum Gasteiger partial charge on any atom is -0.280 e. The number of hydrogen-bond acceptors (Lipinski definition) is 2. The van der Waals surface area contributed by atoms with Crippen molar-refractivity contribution in [1.29, 1.82) is 0 Å². The molecule has 1 aliphatic rings. The van der Waals surface area contributed by atoms with E-state index in [9.17, 15) is 4.79 Å². The van der Waals surface area contributed by atoms with Crippen LogP contribution in [0.1, 0.15) is 76.3 Å². The Morgan fingerprint density at radius 2 is 2.00 bits per heavy atom. The lowest BCUT2D eigenvalue weighted by Crippen LogP contribution is -2.53. The highest BCUT2D eigenvalue weighted by atomic mass is 16.1. The summed E-state index contributed by atoms with van der Waals surface area (Å²) >= 11 is 0. The summed E-state index contributed by atoms with van der Waals surface area (Å²) < 4.78 is 0. The maximum absolute atomic E-state index is 11.4. The van der Waals surface area contributed by atoms with Gasteiger partial charge >= 0.3 is 0 Å². The molecule has 1 aromatic carbocycles. The van der Waals surface area contributed by atoms with Crippen molar-refractivity contribution in [1.82, 2.24) is 10.4 Å². The molecule has 0 saturated heterocycles. The molecular weight excluding hydrogens is 272 g/mol. The van der Waals surface area contributed by atoms with Gasteiger partial charge in [-0.1, -0.05) is 64.3 Å². The summed E-state index contributed by atoms with van der Waals surface area (Å²) in [7, 11) is 0. The molecule has 0 atom stereocenters. The Bertz CT molecular complexity index is 478. The zero-order valence-electron chi connectivity index (χ0n) is 14.3. The van der Waals surface area contributed by atoms with Crippen LogP contribution in [0.2, 0.25) is 0 Å². The van der Waals surface area contributed by atoms with Crippen molar-refractivity contribution in [3.8, 4) is 0 Å². The highest BCUT2D eigenvalue weighted by Gasteiger charge is 2.35. The second kappa shape index (κ2) is 7.77. The molecule has 1 fully saturated rings. The molecule has 22 heavy (non-hydrogen) atoms. The van der Waals surface area contributed by atoms with E-state index in [1.807, 2.05) is 0 Å². The minimum atomic E-state index is -0.0841. The number of nitrogens with one attached hydrogen (secondary N) is 1. The van der Waals surface area contributed by atoms with Gasteiger partial charge in [0.05, 0.1) is 5.54 Å². The smallest absolute Gasteiger partial charge is 0.223 e. The van der Waals surface area contributed by atoms with Gasteiger partial charge < -0.3 is 0 Å². The van der Waals surface area contributed by atoms with Gasteiger partial charge in [-0.3, -0.25) is 9.80 Å². The molecule has 122 valence electrons. The van der Waals surface area contributed by atoms with E-state index in [1.54, 1.807) is 5.01 Å². The van der Waals surface area contributed by atoms with E-state index in [0.29, 0.717) is 5.92 Å². The fourth-order valence-electron chi connectivity index (χ4n) is 3.47. The van der Waals surface area contributed by atoms with Crippen LogP contribution in [0, 0.1) is 0 Å². The van der Waals surface area contributed by atoms with Gasteiger partial charge in [0.2, 0.25) is 6.41 Å². The van der Waals surface area contributed by atoms with Gasteiger partial charge in [-0.2, -0.15) is 0 Å². The lowest BCUT2D eigenvalue weighted by molar-refractivity contribution is -0.123. The van der Waals surface area contributed by atoms with Gasteiger partial charge in [-0.05, 0) is 36.3 Å². The number of nitrogens with zero attached hydrogens (tertiary/aromatic N) is 1. The number of carbonyl (C=O) groups excluding carboxylic acids is 1. The topological polar surface area (TPSA) is 32.3 Å². The zero-order chi connectivity index (χ0) is 16.0. The summed E-state index contributed by atoms with van der Waals surface area (Å²) in [6, 6.07) is 8.92. The van der Waals surface area contributed by atoms with E-state index >= 15 is 0 Å². The SMILES string of the molecule is CCCN(C=O)NC1(c2cccc(C(C)C)c2)CCCCC1. The monoisotopic (exact) mass is 302 g/mol. The summed E-state index contributed by atoms with van der Waals surface area (Å²) in [5, 5.41) is 1.74. The van der Waals surface area contributed by atoms with E-state index in [-0.39, 0.29) is 5.54 Å². The van der Waals surface area contributed by atoms with Crippen molar-refractivity contribution in [3.63, 3.8) is 0 Å². The molecule has 2 rings (SSSR count). The second-order valence-corrected chi connectivity index (χ2v) is 6.83. The van der Waals surface area contributed by atoms with E-state index in [0.717, 1.165) is 32.2 Å². The lowest BCUT2D eigenvalue weighted by Gasteiger charge is -2.42. The van der Waals surface area contributed by atoms with Gasteiger partial charge in [0.25, 0.3) is 0 Å². The average Bonchev–Trinajstić information content (AvgIpc) is 2.55. The molecule has 0 spiro atoms. The number of rotatable bonds is 7. The van der Waals surface area contributed by atoms with Crippen LogP contribution in [0.4, 0.5) is 0 Å². The number of amides is 1. The average molecular weight is 302 g/mol. The first kappa shape index (κ1) is 17.0. The summed E-state index contributed by atoms with van der Waals surface area (Å²) in [4.78, 5) is 11.4. The Morgan fingerprint density at radius 3 is 2.59 bits per heavy atom. The van der Waals surface area contributed by atoms with Crippen LogP contribution in [0.25, 0.3) is 0 Å². The molecule has 0 unspecified atom stereocenters. The van der Waals surface area contributed by atoms with Gasteiger partial charge in [0.15, 0.2) is 0 Å². The summed E-state index contributed by atoms with van der Waals surface area (Å²) in [5.74, 6) is 0.526. The first-order valence-corrected chi connectivity index (χ1v) is 8.71. The zero-order valence-corrected chi connectivity index (χ0v) is 14.3. The molecule has 1 amide bonds. The fraction of sp³-hybridized carbons (Fsp3) is 0.632. The van der Waals surface area contributed by atoms with Crippen LogP contribution in [-0.4, -0.2) is 18.0 Å². The molecule has 0 aliphatic heterocycles. The molecule has 0 aromatic heterocycles. The molecule has 1 aromatic rings. The quantitative estimate of drug-likeness (QED) is 0.600. The fourth-order valence-corrected chi connectivity index (χ4v) is 3.47. The van der Waals surface area contributed by atoms with Gasteiger partial charge in [-0.15, -0.1) is 0 Å². The Labute approximate surface area is 135 Å². The first-order chi connectivity index (χ1) is 10.6. The second-order valence-electron chi connectivity index (χ2n) is 6.83. The van der Waals surface area contributed by atoms with Crippen LogP contribution in [0.3, 0.4) is 0 Å². The van der Waals surface area contributed by atoms with Crippen LogP contribution >= 0.6 is 0 Å². The molecule has 0 radical (unpaired) electrons. The summed E-state index contributed by atoms with van der Waals surface area (Å²) in [5.41, 5.74) is 6.19. The van der Waals surface area contributed by atoms with Crippen molar-refractivity contribution in [2.75, 3.05) is 6.54 Å². The van der Waals surface area contributed by atoms with Crippen molar-refractivity contribution < 1.29 is 4.79 Å². The number of carbonyl (C=O) groups is 1. The largest absolute Gasteiger partial charge is 0.280 e. The van der Waals surface area contributed by atoms with Crippen molar-refractivity contribution >= 4 is 6.41 Å². The third kappa shape index (κ3) is 3.89. The van der Waals surface area contributed by atoms with Crippen LogP contribution in [0.5, 0.6) is 0 Å². The summed E-state index contributed by atoms with van der Waals surface area (Å²) in [6.07, 6.45) is 7.84. The highest BCUT2D eigenvalue weighted by Crippen LogP contribution is 2.38. The van der Waals surface area contributed by atoms with Gasteiger partial charge in [-0.25, -0.2) is 5.43 Å². The molecule has 1 saturated carbocycles. The van der Waals surface area contributed by atoms with Crippen LogP contribution in [-0.2, 0) is 10.3 Å². The van der Waals surface area contributed by atoms with E-state index in [4.69, 9.17) is 0 Å². The van der Waals surface area contributed by atoms with Gasteiger partial charge in [0.1, 0.15) is 0 Å². The molecule has 3 heteroatoms. The third-order valence-electron chi connectivity index (χ3n) is 4.76. The number of benzene rings is 1. The standard InChI is InChI=1S/C19H30N2O/c1-4-13-21(15-22)20-19(11-6-5-7-12-19)18-10-8-9-17(14-18)16(2)3/h8-10,14-16,20H,4-7,11-13H2,1-3H3. The molecule has 0 heterocycles.